The second kappa shape index (κ2) is 13.1. The highest BCUT2D eigenvalue weighted by Crippen LogP contribution is 2.30. The first-order chi connectivity index (χ1) is 19.9. The fraction of sp³-hybridized carbons (Fsp3) is 0.344. The smallest absolute Gasteiger partial charge is 0.255 e. The molecule has 2 aliphatic heterocycles. The summed E-state index contributed by atoms with van der Waals surface area (Å²) in [6.07, 6.45) is 2.22. The zero-order chi connectivity index (χ0) is 28.8. The van der Waals surface area contributed by atoms with Crippen LogP contribution in [0.4, 0.5) is 17.1 Å². The van der Waals surface area contributed by atoms with E-state index in [1.165, 1.54) is 11.3 Å². The number of para-hydroxylation sites is 1. The Balaban J connectivity index is 1.29. The van der Waals surface area contributed by atoms with Crippen LogP contribution in [-0.2, 0) is 4.79 Å². The van der Waals surface area contributed by atoms with E-state index < -0.39 is 0 Å². The predicted octanol–water partition coefficient (Wildman–Crippen LogP) is 4.97. The molecule has 214 valence electrons. The summed E-state index contributed by atoms with van der Waals surface area (Å²) in [5.41, 5.74) is 4.90. The van der Waals surface area contributed by atoms with Crippen molar-refractivity contribution >= 4 is 46.4 Å². The molecule has 0 unspecified atom stereocenters. The zero-order valence-corrected chi connectivity index (χ0v) is 24.1. The minimum Gasteiger partial charge on any atom is -0.368 e. The number of likely N-dealkylation sites (tertiary alicyclic amines) is 1. The monoisotopic (exact) mass is 573 g/mol. The van der Waals surface area contributed by atoms with E-state index in [9.17, 15) is 14.4 Å². The molecule has 0 aromatic heterocycles. The quantitative estimate of drug-likeness (QED) is 0.353. The Labute approximate surface area is 246 Å². The molecule has 8 nitrogen and oxygen atoms in total. The molecule has 9 heteroatoms. The Bertz CT molecular complexity index is 1400. The van der Waals surface area contributed by atoms with E-state index in [2.05, 4.69) is 51.6 Å². The van der Waals surface area contributed by atoms with Gasteiger partial charge in [-0.1, -0.05) is 29.8 Å². The summed E-state index contributed by atoms with van der Waals surface area (Å²) in [4.78, 5) is 44.5. The Kier molecular flexibility index (Phi) is 9.09. The number of carbonyl (C=O) groups excluding carboxylic acids is 3. The van der Waals surface area contributed by atoms with Crippen LogP contribution in [-0.4, -0.2) is 68.4 Å². The molecule has 0 atom stereocenters. The molecule has 3 aromatic rings. The lowest BCUT2D eigenvalue weighted by Crippen LogP contribution is -2.47. The van der Waals surface area contributed by atoms with E-state index in [0.717, 1.165) is 44.8 Å². The van der Waals surface area contributed by atoms with E-state index >= 15 is 0 Å². The van der Waals surface area contributed by atoms with Crippen LogP contribution < -0.4 is 20.4 Å². The number of piperazine rings is 1. The SMILES string of the molecule is Cc1ccccc1N1CCN(c2ccc(C(=O)NCCCN3CCCC3=O)cc2NC(=O)c2ccc(Cl)cc2)CC1. The Hall–Kier alpha value is -4.04. The molecule has 0 bridgehead atoms. The molecular weight excluding hydrogens is 538 g/mol. The number of carbonyl (C=O) groups is 3. The largest absolute Gasteiger partial charge is 0.368 e. The highest BCUT2D eigenvalue weighted by molar-refractivity contribution is 6.30. The van der Waals surface area contributed by atoms with Gasteiger partial charge in [-0.3, -0.25) is 14.4 Å². The first-order valence-corrected chi connectivity index (χ1v) is 14.6. The molecule has 0 saturated carbocycles. The van der Waals surface area contributed by atoms with Crippen LogP contribution in [0, 0.1) is 6.92 Å². The van der Waals surface area contributed by atoms with Gasteiger partial charge >= 0.3 is 0 Å². The highest BCUT2D eigenvalue weighted by atomic mass is 35.5. The zero-order valence-electron chi connectivity index (χ0n) is 23.4. The van der Waals surface area contributed by atoms with Crippen molar-refractivity contribution < 1.29 is 14.4 Å². The Morgan fingerprint density at radius 2 is 1.51 bits per heavy atom. The van der Waals surface area contributed by atoms with E-state index in [4.69, 9.17) is 11.6 Å². The van der Waals surface area contributed by atoms with Crippen LogP contribution in [0.5, 0.6) is 0 Å². The van der Waals surface area contributed by atoms with Gasteiger partial charge in [0.25, 0.3) is 11.8 Å². The number of aryl methyl sites for hydroxylation is 1. The summed E-state index contributed by atoms with van der Waals surface area (Å²) in [6.45, 7) is 7.28. The lowest BCUT2D eigenvalue weighted by molar-refractivity contribution is -0.127. The fourth-order valence-corrected chi connectivity index (χ4v) is 5.60. The molecule has 2 N–H and O–H groups in total. The third kappa shape index (κ3) is 7.00. The topological polar surface area (TPSA) is 85.0 Å². The van der Waals surface area contributed by atoms with Gasteiger partial charge in [0.1, 0.15) is 0 Å². The maximum absolute atomic E-state index is 13.2. The third-order valence-electron chi connectivity index (χ3n) is 7.75. The molecule has 2 fully saturated rings. The highest BCUT2D eigenvalue weighted by Gasteiger charge is 2.23. The summed E-state index contributed by atoms with van der Waals surface area (Å²) in [5.74, 6) is -0.294. The average Bonchev–Trinajstić information content (AvgIpc) is 3.40. The van der Waals surface area contributed by atoms with Gasteiger partial charge in [-0.2, -0.15) is 0 Å². The summed E-state index contributed by atoms with van der Waals surface area (Å²) < 4.78 is 0. The summed E-state index contributed by atoms with van der Waals surface area (Å²) in [7, 11) is 0. The molecule has 5 rings (SSSR count). The molecule has 3 aromatic carbocycles. The van der Waals surface area contributed by atoms with Gasteiger partial charge in [0, 0.05) is 74.1 Å². The van der Waals surface area contributed by atoms with E-state index in [0.29, 0.717) is 47.8 Å². The van der Waals surface area contributed by atoms with Crippen molar-refractivity contribution in [2.45, 2.75) is 26.2 Å². The van der Waals surface area contributed by atoms with Crippen molar-refractivity contribution in [2.75, 3.05) is 60.9 Å². The van der Waals surface area contributed by atoms with Gasteiger partial charge in [0.2, 0.25) is 5.91 Å². The number of hydrogen-bond donors (Lipinski definition) is 2. The predicted molar refractivity (Wildman–Crippen MR) is 164 cm³/mol. The average molecular weight is 574 g/mol. The van der Waals surface area contributed by atoms with Crippen molar-refractivity contribution in [2.24, 2.45) is 0 Å². The third-order valence-corrected chi connectivity index (χ3v) is 8.00. The molecule has 41 heavy (non-hydrogen) atoms. The summed E-state index contributed by atoms with van der Waals surface area (Å²) >= 11 is 6.01. The van der Waals surface area contributed by atoms with Gasteiger partial charge in [-0.15, -0.1) is 0 Å². The van der Waals surface area contributed by atoms with Crippen LogP contribution in [0.25, 0.3) is 0 Å². The van der Waals surface area contributed by atoms with Crippen molar-refractivity contribution in [3.05, 3.63) is 88.4 Å². The summed E-state index contributed by atoms with van der Waals surface area (Å²) in [5, 5.41) is 6.56. The minimum absolute atomic E-state index is 0.188. The van der Waals surface area contributed by atoms with Crippen LogP contribution in [0.2, 0.25) is 5.02 Å². The molecular formula is C32H36ClN5O3. The molecule has 3 amide bonds. The van der Waals surface area contributed by atoms with Gasteiger partial charge in [-0.05, 0) is 73.9 Å². The van der Waals surface area contributed by atoms with Gasteiger partial charge in [-0.25, -0.2) is 0 Å². The van der Waals surface area contributed by atoms with Gasteiger partial charge < -0.3 is 25.3 Å². The number of benzene rings is 3. The number of amides is 3. The lowest BCUT2D eigenvalue weighted by Gasteiger charge is -2.38. The van der Waals surface area contributed by atoms with Crippen LogP contribution in [0.1, 0.15) is 45.5 Å². The number of rotatable bonds is 9. The first kappa shape index (κ1) is 28.5. The number of halogens is 1. The normalized spacial score (nSPS) is 15.3. The number of nitrogens with one attached hydrogen (secondary N) is 2. The van der Waals surface area contributed by atoms with Crippen molar-refractivity contribution in [1.82, 2.24) is 10.2 Å². The van der Waals surface area contributed by atoms with E-state index in [1.807, 2.05) is 11.0 Å². The lowest BCUT2D eigenvalue weighted by atomic mass is 10.1. The molecule has 2 saturated heterocycles. The van der Waals surface area contributed by atoms with E-state index in [1.54, 1.807) is 36.4 Å². The van der Waals surface area contributed by atoms with Crippen LogP contribution in [0.15, 0.2) is 66.7 Å². The second-order valence-electron chi connectivity index (χ2n) is 10.5. The maximum atomic E-state index is 13.2. The Morgan fingerprint density at radius 3 is 2.20 bits per heavy atom. The number of hydrogen-bond acceptors (Lipinski definition) is 5. The standard InChI is InChI=1S/C32H36ClN5O3/c1-23-6-2-3-7-28(23)36-18-20-37(21-19-36)29-14-11-25(31(40)34-15-5-17-38-16-4-8-30(38)39)22-27(29)35-32(41)24-9-12-26(33)13-10-24/h2-3,6-7,9-14,22H,4-5,8,15-21H2,1H3,(H,34,40)(H,35,41). The number of anilines is 3. The van der Waals surface area contributed by atoms with Crippen LogP contribution >= 0.6 is 11.6 Å². The molecule has 0 radical (unpaired) electrons. The molecule has 0 spiro atoms. The maximum Gasteiger partial charge on any atom is 0.255 e. The molecule has 2 aliphatic rings. The molecule has 0 aliphatic carbocycles. The van der Waals surface area contributed by atoms with Crippen LogP contribution in [0.3, 0.4) is 0 Å². The second-order valence-corrected chi connectivity index (χ2v) is 11.0. The van der Waals surface area contributed by atoms with E-state index in [-0.39, 0.29) is 17.7 Å². The van der Waals surface area contributed by atoms with Gasteiger partial charge in [0.05, 0.1) is 11.4 Å². The van der Waals surface area contributed by atoms with Crippen molar-refractivity contribution in [3.8, 4) is 0 Å². The first-order valence-electron chi connectivity index (χ1n) is 14.2. The molecule has 2 heterocycles. The van der Waals surface area contributed by atoms with Crippen molar-refractivity contribution in [1.29, 1.82) is 0 Å². The van der Waals surface area contributed by atoms with Gasteiger partial charge in [0.15, 0.2) is 0 Å². The Morgan fingerprint density at radius 1 is 0.829 bits per heavy atom. The minimum atomic E-state index is -0.269. The summed E-state index contributed by atoms with van der Waals surface area (Å²) in [6, 6.07) is 20.6. The van der Waals surface area contributed by atoms with Crippen molar-refractivity contribution in [3.63, 3.8) is 0 Å². The fourth-order valence-electron chi connectivity index (χ4n) is 5.47. The number of nitrogens with zero attached hydrogens (tertiary/aromatic N) is 3.